The number of hydrogen-bond donors (Lipinski definition) is 0. The first-order valence-electron chi connectivity index (χ1n) is 9.08. The van der Waals surface area contributed by atoms with Crippen molar-refractivity contribution in [3.05, 3.63) is 58.4 Å². The average Bonchev–Trinajstić information content (AvgIpc) is 3.04. The zero-order chi connectivity index (χ0) is 19.2. The van der Waals surface area contributed by atoms with Crippen molar-refractivity contribution < 1.29 is 8.78 Å². The topological polar surface area (TPSA) is 33.4 Å². The van der Waals surface area contributed by atoms with Crippen molar-refractivity contribution in [2.75, 3.05) is 18.0 Å². The maximum atomic E-state index is 13.9. The zero-order valence-electron chi connectivity index (χ0n) is 15.3. The third kappa shape index (κ3) is 3.63. The number of nitrogens with zero attached hydrogens (tertiary/aromatic N) is 4. The van der Waals surface area contributed by atoms with Crippen molar-refractivity contribution >= 4 is 23.1 Å². The number of fused-ring (bicyclic) bond motifs is 1. The lowest BCUT2D eigenvalue weighted by molar-refractivity contribution is -0.0119. The molecule has 1 fully saturated rings. The smallest absolute Gasteiger partial charge is 0.265 e. The summed E-state index contributed by atoms with van der Waals surface area (Å²) >= 11 is 5.98. The standard InChI is InChI=1S/C20H21ClF2N4/c1-13-10-19(26-9-3-8-20(22,23)12-26)27-18(24-13)11-17(25-27)14(2)15-4-6-16(21)7-5-15/h4-7,10-11,14H,3,8-9,12H2,1-2H3. The van der Waals surface area contributed by atoms with Gasteiger partial charge in [-0.2, -0.15) is 9.61 Å². The van der Waals surface area contributed by atoms with E-state index in [9.17, 15) is 8.78 Å². The molecule has 3 heterocycles. The maximum absolute atomic E-state index is 13.9. The van der Waals surface area contributed by atoms with E-state index in [1.54, 1.807) is 9.42 Å². The van der Waals surface area contributed by atoms with Crippen molar-refractivity contribution in [3.63, 3.8) is 0 Å². The van der Waals surface area contributed by atoms with Gasteiger partial charge >= 0.3 is 0 Å². The summed E-state index contributed by atoms with van der Waals surface area (Å²) in [5, 5.41) is 5.40. The molecular formula is C20H21ClF2N4. The molecule has 2 aromatic heterocycles. The Balaban J connectivity index is 1.74. The molecule has 0 aliphatic carbocycles. The van der Waals surface area contributed by atoms with Crippen LogP contribution >= 0.6 is 11.6 Å². The number of piperidine rings is 1. The van der Waals surface area contributed by atoms with E-state index in [-0.39, 0.29) is 18.9 Å². The summed E-state index contributed by atoms with van der Waals surface area (Å²) in [6.45, 7) is 4.25. The molecule has 27 heavy (non-hydrogen) atoms. The number of hydrogen-bond acceptors (Lipinski definition) is 3. The molecule has 1 unspecified atom stereocenters. The number of halogens is 3. The highest BCUT2D eigenvalue weighted by molar-refractivity contribution is 6.30. The van der Waals surface area contributed by atoms with Crippen LogP contribution in [0.4, 0.5) is 14.6 Å². The summed E-state index contributed by atoms with van der Waals surface area (Å²) in [5.74, 6) is -1.96. The average molecular weight is 391 g/mol. The Kier molecular flexibility index (Phi) is 4.54. The molecule has 7 heteroatoms. The minimum atomic E-state index is -2.67. The Morgan fingerprint density at radius 1 is 1.19 bits per heavy atom. The van der Waals surface area contributed by atoms with Crippen molar-refractivity contribution in [1.82, 2.24) is 14.6 Å². The maximum Gasteiger partial charge on any atom is 0.265 e. The van der Waals surface area contributed by atoms with Crippen LogP contribution in [0.1, 0.15) is 42.6 Å². The van der Waals surface area contributed by atoms with Crippen LogP contribution in [0.3, 0.4) is 0 Å². The fourth-order valence-corrected chi connectivity index (χ4v) is 3.74. The van der Waals surface area contributed by atoms with Crippen LogP contribution in [0.2, 0.25) is 5.02 Å². The molecule has 0 N–H and O–H groups in total. The highest BCUT2D eigenvalue weighted by Crippen LogP contribution is 2.31. The molecule has 0 radical (unpaired) electrons. The van der Waals surface area contributed by atoms with Crippen LogP contribution in [0.25, 0.3) is 5.65 Å². The van der Waals surface area contributed by atoms with E-state index in [2.05, 4.69) is 11.9 Å². The summed E-state index contributed by atoms with van der Waals surface area (Å²) < 4.78 is 29.6. The summed E-state index contributed by atoms with van der Waals surface area (Å²) in [6, 6.07) is 11.4. The van der Waals surface area contributed by atoms with E-state index in [4.69, 9.17) is 16.7 Å². The Labute approximate surface area is 161 Å². The van der Waals surface area contributed by atoms with Crippen molar-refractivity contribution in [1.29, 1.82) is 0 Å². The van der Waals surface area contributed by atoms with Crippen LogP contribution in [0.15, 0.2) is 36.4 Å². The highest BCUT2D eigenvalue weighted by atomic mass is 35.5. The summed E-state index contributed by atoms with van der Waals surface area (Å²) in [6.07, 6.45) is 0.403. The normalized spacial score (nSPS) is 18.0. The third-order valence-electron chi connectivity index (χ3n) is 5.09. The molecule has 0 amide bonds. The molecule has 1 aliphatic rings. The van der Waals surface area contributed by atoms with Gasteiger partial charge in [-0.15, -0.1) is 0 Å². The largest absolute Gasteiger partial charge is 0.350 e. The van der Waals surface area contributed by atoms with Gasteiger partial charge in [0, 0.05) is 41.7 Å². The van der Waals surface area contributed by atoms with E-state index in [0.29, 0.717) is 29.5 Å². The molecule has 0 saturated carbocycles. The van der Waals surface area contributed by atoms with Gasteiger partial charge < -0.3 is 4.90 Å². The molecule has 1 aromatic carbocycles. The summed E-state index contributed by atoms with van der Waals surface area (Å²) in [7, 11) is 0. The second kappa shape index (κ2) is 6.75. The van der Waals surface area contributed by atoms with Gasteiger partial charge in [0.05, 0.1) is 12.2 Å². The van der Waals surface area contributed by atoms with E-state index < -0.39 is 5.92 Å². The number of aryl methyl sites for hydroxylation is 1. The quantitative estimate of drug-likeness (QED) is 0.625. The van der Waals surface area contributed by atoms with Crippen LogP contribution in [0, 0.1) is 6.92 Å². The van der Waals surface area contributed by atoms with Gasteiger partial charge in [0.1, 0.15) is 5.82 Å². The third-order valence-corrected chi connectivity index (χ3v) is 5.34. The Morgan fingerprint density at radius 3 is 2.63 bits per heavy atom. The van der Waals surface area contributed by atoms with Gasteiger partial charge in [-0.05, 0) is 31.0 Å². The van der Waals surface area contributed by atoms with Crippen molar-refractivity contribution in [2.45, 2.75) is 38.5 Å². The van der Waals surface area contributed by atoms with Gasteiger partial charge in [-0.3, -0.25) is 0 Å². The molecule has 3 aromatic rings. The van der Waals surface area contributed by atoms with Crippen molar-refractivity contribution in [3.8, 4) is 0 Å². The van der Waals surface area contributed by atoms with Gasteiger partial charge in [0.2, 0.25) is 0 Å². The molecule has 4 rings (SSSR count). The first-order chi connectivity index (χ1) is 12.8. The molecule has 0 spiro atoms. The number of benzene rings is 1. The lowest BCUT2D eigenvalue weighted by Crippen LogP contribution is -2.43. The summed E-state index contributed by atoms with van der Waals surface area (Å²) in [4.78, 5) is 6.26. The molecule has 1 aliphatic heterocycles. The molecule has 142 valence electrons. The van der Waals surface area contributed by atoms with E-state index in [1.165, 1.54) is 0 Å². The Bertz CT molecular complexity index is 968. The minimum Gasteiger partial charge on any atom is -0.350 e. The van der Waals surface area contributed by atoms with Crippen molar-refractivity contribution in [2.24, 2.45) is 0 Å². The molecule has 1 saturated heterocycles. The fourth-order valence-electron chi connectivity index (χ4n) is 3.62. The molecule has 4 nitrogen and oxygen atoms in total. The van der Waals surface area contributed by atoms with Crippen LogP contribution < -0.4 is 4.90 Å². The molecular weight excluding hydrogens is 370 g/mol. The van der Waals surface area contributed by atoms with Crippen LogP contribution in [-0.4, -0.2) is 33.6 Å². The van der Waals surface area contributed by atoms with Gasteiger partial charge in [-0.1, -0.05) is 30.7 Å². The number of anilines is 1. The van der Waals surface area contributed by atoms with E-state index in [1.807, 2.05) is 43.3 Å². The van der Waals surface area contributed by atoms with Crippen LogP contribution in [-0.2, 0) is 0 Å². The summed E-state index contributed by atoms with van der Waals surface area (Å²) in [5.41, 5.74) is 3.40. The van der Waals surface area contributed by atoms with E-state index >= 15 is 0 Å². The Morgan fingerprint density at radius 2 is 1.93 bits per heavy atom. The molecule has 1 atom stereocenters. The highest BCUT2D eigenvalue weighted by Gasteiger charge is 2.36. The van der Waals surface area contributed by atoms with Crippen LogP contribution in [0.5, 0.6) is 0 Å². The predicted molar refractivity (Wildman–Crippen MR) is 103 cm³/mol. The lowest BCUT2D eigenvalue weighted by Gasteiger charge is -2.34. The van der Waals surface area contributed by atoms with Gasteiger partial charge in [0.25, 0.3) is 5.92 Å². The first kappa shape index (κ1) is 18.2. The second-order valence-corrected chi connectivity index (χ2v) is 7.69. The first-order valence-corrected chi connectivity index (χ1v) is 9.46. The fraction of sp³-hybridized carbons (Fsp3) is 0.400. The minimum absolute atomic E-state index is 0.0416. The number of rotatable bonds is 3. The zero-order valence-corrected chi connectivity index (χ0v) is 16.0. The molecule has 0 bridgehead atoms. The SMILES string of the molecule is Cc1cc(N2CCCC(F)(F)C2)n2nc(C(C)c3ccc(Cl)cc3)cc2n1. The lowest BCUT2D eigenvalue weighted by atomic mass is 9.98. The van der Waals surface area contributed by atoms with Gasteiger partial charge in [0.15, 0.2) is 5.65 Å². The predicted octanol–water partition coefficient (Wildman–Crippen LogP) is 5.08. The Hall–Kier alpha value is -2.21. The number of alkyl halides is 2. The monoisotopic (exact) mass is 390 g/mol. The van der Waals surface area contributed by atoms with E-state index in [0.717, 1.165) is 17.0 Å². The second-order valence-electron chi connectivity index (χ2n) is 7.25. The number of aromatic nitrogens is 3. The van der Waals surface area contributed by atoms with Gasteiger partial charge in [-0.25, -0.2) is 13.8 Å².